The smallest absolute Gasteiger partial charge is 0.214 e. The fourth-order valence-corrected chi connectivity index (χ4v) is 0.424. The summed E-state index contributed by atoms with van der Waals surface area (Å²) in [6.07, 6.45) is 0. The molecule has 0 atom stereocenters. The van der Waals surface area contributed by atoms with Crippen LogP contribution in [0.25, 0.3) is 0 Å². The number of aromatic nitrogens is 1. The Morgan fingerprint density at radius 3 is 2.45 bits per heavy atom. The van der Waals surface area contributed by atoms with Crippen molar-refractivity contribution in [3.05, 3.63) is 24.1 Å². The number of hydrogen-bond acceptors (Lipinski definition) is 3. The van der Waals surface area contributed by atoms with Gasteiger partial charge in [-0.2, -0.15) is 9.65 Å². The predicted molar refractivity (Wildman–Crippen MR) is 39.9 cm³/mol. The summed E-state index contributed by atoms with van der Waals surface area (Å²) >= 11 is 0. The zero-order valence-corrected chi connectivity index (χ0v) is 6.08. The molecular formula is C7H8FN3. The maximum Gasteiger partial charge on any atom is 0.214 e. The summed E-state index contributed by atoms with van der Waals surface area (Å²) in [5, 5.41) is 7.32. The molecule has 1 aromatic heterocycles. The first-order valence-electron chi connectivity index (χ1n) is 2.89. The van der Waals surface area contributed by atoms with E-state index in [0.717, 1.165) is 0 Å². The summed E-state index contributed by atoms with van der Waals surface area (Å²) in [5.41, 5.74) is 5.11. The van der Waals surface area contributed by atoms with Crippen LogP contribution in [0.4, 0.5) is 10.2 Å². The molecule has 0 aliphatic heterocycles. The van der Waals surface area contributed by atoms with Gasteiger partial charge in [0.1, 0.15) is 5.82 Å². The second-order valence-corrected chi connectivity index (χ2v) is 1.61. The molecule has 1 heterocycles. The standard InChI is InChI=1S/C5H5FN2.C2H3N/c6-4-2-1-3-5(7)8-4;1-2-3/h1-3H,(H2,7,8);1H3. The van der Waals surface area contributed by atoms with E-state index >= 15 is 0 Å². The number of hydrogen-bond donors (Lipinski definition) is 1. The van der Waals surface area contributed by atoms with Gasteiger partial charge in [-0.1, -0.05) is 6.07 Å². The van der Waals surface area contributed by atoms with Crippen LogP contribution in [0.15, 0.2) is 18.2 Å². The van der Waals surface area contributed by atoms with E-state index in [9.17, 15) is 4.39 Å². The first-order valence-corrected chi connectivity index (χ1v) is 2.89. The van der Waals surface area contributed by atoms with Crippen LogP contribution in [0, 0.1) is 17.3 Å². The van der Waals surface area contributed by atoms with Gasteiger partial charge in [0.05, 0.1) is 6.07 Å². The van der Waals surface area contributed by atoms with E-state index in [0.29, 0.717) is 0 Å². The van der Waals surface area contributed by atoms with E-state index in [4.69, 9.17) is 11.0 Å². The van der Waals surface area contributed by atoms with Crippen LogP contribution in [-0.4, -0.2) is 4.98 Å². The summed E-state index contributed by atoms with van der Waals surface area (Å²) in [4.78, 5) is 3.28. The zero-order valence-electron chi connectivity index (χ0n) is 6.08. The molecule has 2 N–H and O–H groups in total. The third-order valence-electron chi connectivity index (χ3n) is 0.737. The highest BCUT2D eigenvalue weighted by Crippen LogP contribution is 1.96. The van der Waals surface area contributed by atoms with Crippen LogP contribution in [0.3, 0.4) is 0 Å². The minimum atomic E-state index is -0.537. The van der Waals surface area contributed by atoms with Crippen LogP contribution >= 0.6 is 0 Å². The average molecular weight is 153 g/mol. The molecule has 1 aromatic rings. The Labute approximate surface area is 64.3 Å². The van der Waals surface area contributed by atoms with Gasteiger partial charge in [0.25, 0.3) is 0 Å². The molecule has 1 rings (SSSR count). The van der Waals surface area contributed by atoms with Gasteiger partial charge in [-0.3, -0.25) is 0 Å². The molecule has 0 aliphatic carbocycles. The maximum absolute atomic E-state index is 12.0. The molecule has 0 radical (unpaired) electrons. The second kappa shape index (κ2) is 5.18. The second-order valence-electron chi connectivity index (χ2n) is 1.61. The summed E-state index contributed by atoms with van der Waals surface area (Å²) in [6.45, 7) is 1.43. The van der Waals surface area contributed by atoms with Crippen LogP contribution in [-0.2, 0) is 0 Å². The molecule has 0 spiro atoms. The molecule has 0 saturated heterocycles. The molecule has 3 nitrogen and oxygen atoms in total. The van der Waals surface area contributed by atoms with Crippen LogP contribution in [0.5, 0.6) is 0 Å². The van der Waals surface area contributed by atoms with Crippen LogP contribution in [0.1, 0.15) is 6.92 Å². The molecule has 0 saturated carbocycles. The van der Waals surface area contributed by atoms with E-state index in [2.05, 4.69) is 4.98 Å². The molecule has 4 heteroatoms. The van der Waals surface area contributed by atoms with Gasteiger partial charge >= 0.3 is 0 Å². The molecule has 0 fully saturated rings. The van der Waals surface area contributed by atoms with E-state index in [1.165, 1.54) is 25.1 Å². The highest BCUT2D eigenvalue weighted by atomic mass is 19.1. The van der Waals surface area contributed by atoms with E-state index in [1.54, 1.807) is 6.07 Å². The van der Waals surface area contributed by atoms with Gasteiger partial charge in [-0.05, 0) is 12.1 Å². The van der Waals surface area contributed by atoms with Gasteiger partial charge in [0, 0.05) is 6.92 Å². The number of rotatable bonds is 0. The van der Waals surface area contributed by atoms with E-state index in [-0.39, 0.29) is 5.82 Å². The van der Waals surface area contributed by atoms with Gasteiger partial charge in [0.2, 0.25) is 5.95 Å². The highest BCUT2D eigenvalue weighted by molar-refractivity contribution is 5.25. The number of nitriles is 1. The zero-order chi connectivity index (χ0) is 8.69. The van der Waals surface area contributed by atoms with Crippen molar-refractivity contribution < 1.29 is 4.39 Å². The number of nitrogens with zero attached hydrogens (tertiary/aromatic N) is 2. The SMILES string of the molecule is CC#N.Nc1cccc(F)n1. The van der Waals surface area contributed by atoms with Crippen molar-refractivity contribution in [2.24, 2.45) is 0 Å². The largest absolute Gasteiger partial charge is 0.384 e. The summed E-state index contributed by atoms with van der Waals surface area (Å²) in [7, 11) is 0. The fraction of sp³-hybridized carbons (Fsp3) is 0.143. The third-order valence-corrected chi connectivity index (χ3v) is 0.737. The lowest BCUT2D eigenvalue weighted by atomic mass is 10.5. The van der Waals surface area contributed by atoms with Gasteiger partial charge in [-0.25, -0.2) is 4.98 Å². The molecule has 0 amide bonds. The van der Waals surface area contributed by atoms with Crippen molar-refractivity contribution in [2.75, 3.05) is 5.73 Å². The Morgan fingerprint density at radius 1 is 1.64 bits per heavy atom. The van der Waals surface area contributed by atoms with Gasteiger partial charge in [0.15, 0.2) is 0 Å². The Balaban J connectivity index is 0.000000292. The highest BCUT2D eigenvalue weighted by Gasteiger charge is 1.86. The average Bonchev–Trinajstić information content (AvgIpc) is 1.88. The first kappa shape index (κ1) is 9.37. The summed E-state index contributed by atoms with van der Waals surface area (Å²) in [6, 6.07) is 6.04. The molecular weight excluding hydrogens is 145 g/mol. The maximum atomic E-state index is 12.0. The number of pyridine rings is 1. The summed E-state index contributed by atoms with van der Waals surface area (Å²) in [5.74, 6) is -0.324. The van der Waals surface area contributed by atoms with E-state index in [1.807, 2.05) is 0 Å². The number of anilines is 1. The van der Waals surface area contributed by atoms with Crippen molar-refractivity contribution in [3.8, 4) is 6.07 Å². The van der Waals surface area contributed by atoms with Crippen molar-refractivity contribution in [1.82, 2.24) is 4.98 Å². The lowest BCUT2D eigenvalue weighted by molar-refractivity contribution is 0.586. The minimum absolute atomic E-state index is 0.213. The van der Waals surface area contributed by atoms with Crippen molar-refractivity contribution in [2.45, 2.75) is 6.92 Å². The lowest BCUT2D eigenvalue weighted by Crippen LogP contribution is -1.90. The number of nitrogens with two attached hydrogens (primary N) is 1. The Hall–Kier alpha value is -1.63. The molecule has 58 valence electrons. The quantitative estimate of drug-likeness (QED) is 0.572. The lowest BCUT2D eigenvalue weighted by Gasteiger charge is -1.87. The predicted octanol–water partition coefficient (Wildman–Crippen LogP) is 1.33. The first-order chi connectivity index (χ1) is 5.20. The van der Waals surface area contributed by atoms with Gasteiger partial charge < -0.3 is 5.73 Å². The Kier molecular flexibility index (Phi) is 4.41. The van der Waals surface area contributed by atoms with Crippen LogP contribution in [0.2, 0.25) is 0 Å². The summed E-state index contributed by atoms with van der Waals surface area (Å²) < 4.78 is 12.0. The molecule has 0 aromatic carbocycles. The van der Waals surface area contributed by atoms with E-state index < -0.39 is 5.95 Å². The number of halogens is 1. The van der Waals surface area contributed by atoms with Crippen molar-refractivity contribution in [3.63, 3.8) is 0 Å². The molecule has 0 aliphatic rings. The fourth-order valence-electron chi connectivity index (χ4n) is 0.424. The molecule has 0 unspecified atom stereocenters. The minimum Gasteiger partial charge on any atom is -0.384 e. The molecule has 11 heavy (non-hydrogen) atoms. The van der Waals surface area contributed by atoms with Crippen molar-refractivity contribution in [1.29, 1.82) is 5.26 Å². The third kappa shape index (κ3) is 4.85. The van der Waals surface area contributed by atoms with Gasteiger partial charge in [-0.15, -0.1) is 0 Å². The van der Waals surface area contributed by atoms with Crippen molar-refractivity contribution >= 4 is 5.82 Å². The Bertz CT molecular complexity index is 237. The molecule has 0 bridgehead atoms. The number of nitrogen functional groups attached to an aromatic ring is 1. The topological polar surface area (TPSA) is 62.7 Å². The van der Waals surface area contributed by atoms with Crippen LogP contribution < -0.4 is 5.73 Å². The normalized spacial score (nSPS) is 7.36. The monoisotopic (exact) mass is 153 g/mol. The Morgan fingerprint density at radius 2 is 2.18 bits per heavy atom.